The van der Waals surface area contributed by atoms with E-state index in [9.17, 15) is 4.79 Å². The van der Waals surface area contributed by atoms with Crippen molar-refractivity contribution in [2.45, 2.75) is 65.2 Å². The fourth-order valence-electron chi connectivity index (χ4n) is 1.55. The quantitative estimate of drug-likeness (QED) is 0.0552. The summed E-state index contributed by atoms with van der Waals surface area (Å²) in [5.41, 5.74) is 0. The SMILES string of the molecule is CCCCCCCCNC(=O)NCCCC.F.F.F.F.F.F.[O]=[Sb]([OH])[OH].[O]=[Sb]([OH])[OH].[O]=[Sb]([OH])[OH].[O]=[Sb]([OH])[OH].[O]=[Sb]([OH])[OH].[O]=[Sb]([OH])[OH]. The minimum absolute atomic E-state index is 0. The molecule has 0 heterocycles. The van der Waals surface area contributed by atoms with Crippen LogP contribution < -0.4 is 10.6 Å². The number of amides is 2. The van der Waals surface area contributed by atoms with Gasteiger partial charge >= 0.3 is 191 Å². The van der Waals surface area contributed by atoms with Crippen molar-refractivity contribution >= 4 is 132 Å². The van der Waals surface area contributed by atoms with Gasteiger partial charge < -0.3 is 10.6 Å². The van der Waals surface area contributed by atoms with Crippen LogP contribution in [-0.4, -0.2) is 186 Å². The van der Waals surface area contributed by atoms with Crippen LogP contribution in [0.25, 0.3) is 0 Å². The predicted octanol–water partition coefficient (Wildman–Crippen LogP) is -5.32. The van der Waals surface area contributed by atoms with Crippen LogP contribution >= 0.6 is 0 Å². The normalized spacial score (nSPS) is 6.91. The molecule has 0 saturated heterocycles. The van der Waals surface area contributed by atoms with Gasteiger partial charge in [0.05, 0.1) is 0 Å². The summed E-state index contributed by atoms with van der Waals surface area (Å²) >= 11 is -22.2. The Balaban J connectivity index is -0.0000000279. The van der Waals surface area contributed by atoms with E-state index < -0.39 is 126 Å². The first kappa shape index (κ1) is 86.6. The molecule has 0 rings (SSSR count). The van der Waals surface area contributed by atoms with Gasteiger partial charge in [-0.25, -0.2) is 4.79 Å². The molecule has 6 radical (unpaired) electrons. The van der Waals surface area contributed by atoms with Crippen LogP contribution in [0.5, 0.6) is 0 Å². The number of hydrogen-bond donors (Lipinski definition) is 14. The first-order valence-electron chi connectivity index (χ1n) is 10.3. The van der Waals surface area contributed by atoms with E-state index in [-0.39, 0.29) is 34.3 Å². The topological polar surface area (TPSA) is 386 Å². The molecular formula is C13H46F6N2O19Sb6. The molecule has 21 nitrogen and oxygen atoms in total. The summed E-state index contributed by atoms with van der Waals surface area (Å²) in [5, 5.41) is 5.73. The molecule has 0 aromatic carbocycles. The molecular weight excluding hydrogens is 1330 g/mol. The molecule has 0 bridgehead atoms. The summed E-state index contributed by atoms with van der Waals surface area (Å²) in [6, 6.07) is -0.0120. The standard InChI is InChI=1S/C13H28N2O.6FH.12H2O.6O.6Sb/c1-3-5-7-8-9-10-12-15-13(16)14-11-6-4-2;;;;;;;;;;;;;;;;;;;;;;;;;;;;;;/h3-12H2,1-2H3,(H2,14,15,16);6*1H;12*1H2;;;;;;;;;;;;/q;;;;;;;;;;;;;;;;;;;;;;;;;6*+2/p-12. The summed E-state index contributed by atoms with van der Waals surface area (Å²) < 4.78 is 140. The van der Waals surface area contributed by atoms with Crippen molar-refractivity contribution in [2.75, 3.05) is 13.1 Å². The second kappa shape index (κ2) is 81.2. The van der Waals surface area contributed by atoms with Crippen LogP contribution in [0.15, 0.2) is 0 Å². The summed E-state index contributed by atoms with van der Waals surface area (Å²) in [6.07, 6.45) is 9.78. The maximum atomic E-state index is 11.2. The zero-order valence-electron chi connectivity index (χ0n) is 23.9. The Bertz CT molecular complexity index is 569. The molecule has 46 heavy (non-hydrogen) atoms. The zero-order valence-corrected chi connectivity index (χ0v) is 39.2. The Hall–Kier alpha value is 2.08. The fourth-order valence-corrected chi connectivity index (χ4v) is 1.55. The average molecular weight is 1380 g/mol. The molecule has 33 heteroatoms. The monoisotopic (exact) mass is 1370 g/mol. The van der Waals surface area contributed by atoms with E-state index in [1.807, 2.05) is 0 Å². The van der Waals surface area contributed by atoms with Gasteiger partial charge in [0.25, 0.3) is 0 Å². The van der Waals surface area contributed by atoms with E-state index in [1.165, 1.54) is 32.1 Å². The van der Waals surface area contributed by atoms with Gasteiger partial charge in [0.15, 0.2) is 0 Å². The summed E-state index contributed by atoms with van der Waals surface area (Å²) in [7, 11) is 0. The van der Waals surface area contributed by atoms with Crippen LogP contribution in [0.4, 0.5) is 33.0 Å². The second-order valence-corrected chi connectivity index (χ2v) is 14.5. The molecule has 0 fully saturated rings. The van der Waals surface area contributed by atoms with E-state index in [2.05, 4.69) is 24.5 Å². The van der Waals surface area contributed by atoms with Crippen LogP contribution in [0.1, 0.15) is 65.2 Å². The fraction of sp³-hybridized carbons (Fsp3) is 0.923. The number of carbonyl (C=O) groups excluding carboxylic acids is 1. The molecule has 0 aromatic rings. The van der Waals surface area contributed by atoms with Crippen LogP contribution in [-0.2, 0) is 18.1 Å². The van der Waals surface area contributed by atoms with Gasteiger partial charge in [0, 0.05) is 13.1 Å². The second-order valence-electron chi connectivity index (χ2n) is 5.82. The molecule has 294 valence electrons. The molecule has 0 saturated carbocycles. The molecule has 0 atom stereocenters. The third-order valence-electron chi connectivity index (χ3n) is 2.63. The Morgan fingerprint density at radius 2 is 0.565 bits per heavy atom. The van der Waals surface area contributed by atoms with Crippen molar-refractivity contribution < 1.29 is 91.7 Å². The number of hydrogen-bond acceptors (Lipinski definition) is 7. The van der Waals surface area contributed by atoms with Gasteiger partial charge in [-0.3, -0.25) is 28.2 Å². The molecule has 0 aliphatic rings. The van der Waals surface area contributed by atoms with Crippen LogP contribution in [0.2, 0.25) is 0 Å². The van der Waals surface area contributed by atoms with Crippen LogP contribution in [0, 0.1) is 0 Å². The Morgan fingerprint density at radius 3 is 0.783 bits per heavy atom. The van der Waals surface area contributed by atoms with Crippen molar-refractivity contribution in [3.05, 3.63) is 0 Å². The molecule has 14 N–H and O–H groups in total. The van der Waals surface area contributed by atoms with Gasteiger partial charge in [-0.15, -0.1) is 0 Å². The molecule has 0 aliphatic heterocycles. The third kappa shape index (κ3) is 362. The van der Waals surface area contributed by atoms with E-state index in [1.54, 1.807) is 0 Å². The van der Waals surface area contributed by atoms with Crippen LogP contribution in [0.3, 0.4) is 0 Å². The first-order valence-corrected chi connectivity index (χ1v) is 30.3. The molecule has 0 spiro atoms. The number of nitrogens with one attached hydrogen (secondary N) is 2. The average Bonchev–Trinajstić information content (AvgIpc) is 2.71. The minimum atomic E-state index is -3.70. The summed E-state index contributed by atoms with van der Waals surface area (Å²) in [4.78, 5) is 11.2. The van der Waals surface area contributed by atoms with Gasteiger partial charge in [-0.1, -0.05) is 52.4 Å². The van der Waals surface area contributed by atoms with Crippen molar-refractivity contribution in [1.82, 2.24) is 10.6 Å². The Labute approximate surface area is 309 Å². The molecule has 0 unspecified atom stereocenters. The zero-order chi connectivity index (χ0) is 33.5. The van der Waals surface area contributed by atoms with Crippen molar-refractivity contribution in [3.8, 4) is 0 Å². The van der Waals surface area contributed by atoms with Crippen molar-refractivity contribution in [1.29, 1.82) is 0 Å². The van der Waals surface area contributed by atoms with Crippen molar-refractivity contribution in [3.63, 3.8) is 0 Å². The number of halogens is 6. The first-order chi connectivity index (χ1) is 18.2. The maximum absolute atomic E-state index is 11.2. The number of carbonyl (C=O) groups is 1. The van der Waals surface area contributed by atoms with E-state index in [4.69, 9.17) is 58.7 Å². The van der Waals surface area contributed by atoms with Gasteiger partial charge in [0.2, 0.25) is 0 Å². The summed E-state index contributed by atoms with van der Waals surface area (Å²) in [5.74, 6) is 0. The number of rotatable bonds is 10. The van der Waals surface area contributed by atoms with Gasteiger partial charge in [0.1, 0.15) is 0 Å². The number of urea groups is 1. The van der Waals surface area contributed by atoms with Gasteiger partial charge in [-0.05, 0) is 12.8 Å². The van der Waals surface area contributed by atoms with Crippen molar-refractivity contribution in [2.24, 2.45) is 0 Å². The summed E-state index contributed by atoms with van der Waals surface area (Å²) in [6.45, 7) is 5.95. The molecule has 0 aliphatic carbocycles. The molecule has 0 aromatic heterocycles. The van der Waals surface area contributed by atoms with Gasteiger partial charge in [-0.2, -0.15) is 0 Å². The predicted molar refractivity (Wildman–Crippen MR) is 150 cm³/mol. The van der Waals surface area contributed by atoms with E-state index >= 15 is 0 Å². The number of unbranched alkanes of at least 4 members (excludes halogenated alkanes) is 6. The third-order valence-corrected chi connectivity index (χ3v) is 2.63. The molecule has 2 amide bonds. The Kier molecular flexibility index (Phi) is 153. The Morgan fingerprint density at radius 1 is 0.391 bits per heavy atom. The van der Waals surface area contributed by atoms with E-state index in [0.29, 0.717) is 0 Å². The van der Waals surface area contributed by atoms with E-state index in [0.717, 1.165) is 32.4 Å².